The zero-order chi connectivity index (χ0) is 17.3. The second-order valence-corrected chi connectivity index (χ2v) is 6.25. The standard InChI is InChI=1S/C16H17ClN4O3/c1-3-5-12-18-13(24-20-12)9-21-14(22)16(2,19-15(21)23)10-6-4-7-11(17)8-10/h4,6-8H,3,5,9H2,1-2H3,(H,19,23). The molecule has 1 unspecified atom stereocenters. The van der Waals surface area contributed by atoms with Crippen molar-refractivity contribution < 1.29 is 14.1 Å². The number of rotatable bonds is 5. The number of halogens is 1. The Morgan fingerprint density at radius 1 is 1.38 bits per heavy atom. The topological polar surface area (TPSA) is 88.3 Å². The number of aryl methyl sites for hydroxylation is 1. The summed E-state index contributed by atoms with van der Waals surface area (Å²) in [5, 5.41) is 7.04. The fraction of sp³-hybridized carbons (Fsp3) is 0.375. The summed E-state index contributed by atoms with van der Waals surface area (Å²) in [6.07, 6.45) is 1.57. The number of nitrogens with zero attached hydrogens (tertiary/aromatic N) is 3. The fourth-order valence-corrected chi connectivity index (χ4v) is 2.84. The van der Waals surface area contributed by atoms with Crippen LogP contribution in [-0.4, -0.2) is 27.0 Å². The van der Waals surface area contributed by atoms with Crippen molar-refractivity contribution >= 4 is 23.5 Å². The Morgan fingerprint density at radius 2 is 2.17 bits per heavy atom. The van der Waals surface area contributed by atoms with Gasteiger partial charge in [0.15, 0.2) is 5.82 Å². The van der Waals surface area contributed by atoms with Gasteiger partial charge < -0.3 is 9.84 Å². The zero-order valence-corrected chi connectivity index (χ0v) is 14.1. The lowest BCUT2D eigenvalue weighted by molar-refractivity contribution is -0.131. The molecule has 3 rings (SSSR count). The van der Waals surface area contributed by atoms with Crippen LogP contribution in [0.4, 0.5) is 4.79 Å². The highest BCUT2D eigenvalue weighted by molar-refractivity contribution is 6.30. The Balaban J connectivity index is 1.83. The SMILES string of the molecule is CCCc1noc(CN2C(=O)NC(C)(c3cccc(Cl)c3)C2=O)n1. The summed E-state index contributed by atoms with van der Waals surface area (Å²) in [4.78, 5) is 30.3. The maximum atomic E-state index is 12.8. The summed E-state index contributed by atoms with van der Waals surface area (Å²) in [5.74, 6) is 0.416. The number of carbonyl (C=O) groups is 2. The number of hydrogen-bond donors (Lipinski definition) is 1. The number of nitrogens with one attached hydrogen (secondary N) is 1. The van der Waals surface area contributed by atoms with Gasteiger partial charge in [-0.25, -0.2) is 4.79 Å². The van der Waals surface area contributed by atoms with Gasteiger partial charge in [0.1, 0.15) is 12.1 Å². The van der Waals surface area contributed by atoms with Crippen LogP contribution in [0.2, 0.25) is 5.02 Å². The minimum Gasteiger partial charge on any atom is -0.337 e. The van der Waals surface area contributed by atoms with Crippen molar-refractivity contribution in [1.82, 2.24) is 20.4 Å². The average Bonchev–Trinajstić information content (AvgIpc) is 3.07. The van der Waals surface area contributed by atoms with Crippen LogP contribution in [0.15, 0.2) is 28.8 Å². The van der Waals surface area contributed by atoms with Crippen LogP contribution in [0.3, 0.4) is 0 Å². The highest BCUT2D eigenvalue weighted by Crippen LogP contribution is 2.30. The number of amides is 3. The summed E-state index contributed by atoms with van der Waals surface area (Å²) in [6.45, 7) is 3.59. The molecule has 8 heteroatoms. The van der Waals surface area contributed by atoms with Gasteiger partial charge in [-0.05, 0) is 31.0 Å². The second-order valence-electron chi connectivity index (χ2n) is 5.81. The molecule has 2 aromatic rings. The van der Waals surface area contributed by atoms with E-state index in [2.05, 4.69) is 15.5 Å². The van der Waals surface area contributed by atoms with E-state index in [4.69, 9.17) is 16.1 Å². The van der Waals surface area contributed by atoms with Gasteiger partial charge >= 0.3 is 6.03 Å². The van der Waals surface area contributed by atoms with E-state index in [0.29, 0.717) is 22.8 Å². The minimum absolute atomic E-state index is 0.0580. The Labute approximate surface area is 144 Å². The van der Waals surface area contributed by atoms with Crippen LogP contribution in [0.5, 0.6) is 0 Å². The first-order valence-electron chi connectivity index (χ1n) is 7.65. The van der Waals surface area contributed by atoms with Gasteiger partial charge in [-0.15, -0.1) is 0 Å². The summed E-state index contributed by atoms with van der Waals surface area (Å²) < 4.78 is 5.11. The quantitative estimate of drug-likeness (QED) is 0.839. The van der Waals surface area contributed by atoms with E-state index >= 15 is 0 Å². The Hall–Kier alpha value is -2.41. The molecule has 7 nitrogen and oxygen atoms in total. The first-order chi connectivity index (χ1) is 11.4. The van der Waals surface area contributed by atoms with E-state index in [0.717, 1.165) is 11.3 Å². The molecule has 0 radical (unpaired) electrons. The minimum atomic E-state index is -1.17. The number of hydrogen-bond acceptors (Lipinski definition) is 5. The van der Waals surface area contributed by atoms with Crippen LogP contribution in [-0.2, 0) is 23.3 Å². The number of imide groups is 1. The molecule has 1 aromatic heterocycles. The van der Waals surface area contributed by atoms with Gasteiger partial charge in [0, 0.05) is 11.4 Å². The van der Waals surface area contributed by atoms with Gasteiger partial charge in [0.25, 0.3) is 5.91 Å². The van der Waals surface area contributed by atoms with Crippen LogP contribution in [0.25, 0.3) is 0 Å². The molecule has 1 fully saturated rings. The van der Waals surface area contributed by atoms with E-state index in [9.17, 15) is 9.59 Å². The third kappa shape index (κ3) is 2.87. The molecule has 0 saturated carbocycles. The number of aromatic nitrogens is 2. The van der Waals surface area contributed by atoms with Gasteiger partial charge in [0.05, 0.1) is 0 Å². The molecule has 1 aliphatic rings. The molecule has 1 N–H and O–H groups in total. The third-order valence-corrected chi connectivity index (χ3v) is 4.19. The van der Waals surface area contributed by atoms with Crippen molar-refractivity contribution in [1.29, 1.82) is 0 Å². The van der Waals surface area contributed by atoms with Crippen LogP contribution in [0.1, 0.15) is 37.5 Å². The molecule has 1 aromatic carbocycles. The molecule has 2 heterocycles. The maximum Gasteiger partial charge on any atom is 0.325 e. The lowest BCUT2D eigenvalue weighted by Gasteiger charge is -2.22. The fourth-order valence-electron chi connectivity index (χ4n) is 2.65. The number of carbonyl (C=O) groups excluding carboxylic acids is 2. The molecule has 1 atom stereocenters. The van der Waals surface area contributed by atoms with E-state index in [1.54, 1.807) is 31.2 Å². The van der Waals surface area contributed by atoms with E-state index in [-0.39, 0.29) is 18.3 Å². The Bertz CT molecular complexity index is 791. The lowest BCUT2D eigenvalue weighted by Crippen LogP contribution is -2.40. The highest BCUT2D eigenvalue weighted by Gasteiger charge is 2.49. The van der Waals surface area contributed by atoms with Crippen molar-refractivity contribution in [3.05, 3.63) is 46.6 Å². The summed E-state index contributed by atoms with van der Waals surface area (Å²) in [5.41, 5.74) is -0.554. The monoisotopic (exact) mass is 348 g/mol. The molecule has 0 bridgehead atoms. The van der Waals surface area contributed by atoms with Crippen molar-refractivity contribution in [2.24, 2.45) is 0 Å². The first kappa shape index (κ1) is 16.4. The van der Waals surface area contributed by atoms with Crippen molar-refractivity contribution in [3.8, 4) is 0 Å². The van der Waals surface area contributed by atoms with Crippen molar-refractivity contribution in [2.75, 3.05) is 0 Å². The lowest BCUT2D eigenvalue weighted by atomic mass is 9.92. The summed E-state index contributed by atoms with van der Waals surface area (Å²) in [6, 6.07) is 6.36. The number of benzene rings is 1. The molecular formula is C16H17ClN4O3. The second kappa shape index (κ2) is 6.24. The van der Waals surface area contributed by atoms with Gasteiger partial charge in [-0.3, -0.25) is 9.69 Å². The van der Waals surface area contributed by atoms with Crippen LogP contribution < -0.4 is 5.32 Å². The summed E-state index contributed by atoms with van der Waals surface area (Å²) in [7, 11) is 0. The molecule has 0 spiro atoms. The van der Waals surface area contributed by atoms with Crippen LogP contribution >= 0.6 is 11.6 Å². The smallest absolute Gasteiger partial charge is 0.325 e. The van der Waals surface area contributed by atoms with E-state index in [1.165, 1.54) is 0 Å². The van der Waals surface area contributed by atoms with Gasteiger partial charge in [0.2, 0.25) is 5.89 Å². The van der Waals surface area contributed by atoms with E-state index in [1.807, 2.05) is 6.92 Å². The van der Waals surface area contributed by atoms with Gasteiger partial charge in [-0.2, -0.15) is 4.98 Å². The molecule has 1 aliphatic heterocycles. The van der Waals surface area contributed by atoms with Crippen molar-refractivity contribution in [3.63, 3.8) is 0 Å². The normalized spacial score (nSPS) is 20.5. The Kier molecular flexibility index (Phi) is 4.28. The molecule has 24 heavy (non-hydrogen) atoms. The van der Waals surface area contributed by atoms with Gasteiger partial charge in [-0.1, -0.05) is 35.8 Å². The molecule has 126 valence electrons. The number of urea groups is 1. The third-order valence-electron chi connectivity index (χ3n) is 3.95. The predicted octanol–water partition coefficient (Wildman–Crippen LogP) is 2.64. The molecule has 0 aliphatic carbocycles. The summed E-state index contributed by atoms with van der Waals surface area (Å²) >= 11 is 6.00. The molecule has 1 saturated heterocycles. The first-order valence-corrected chi connectivity index (χ1v) is 8.03. The molecular weight excluding hydrogens is 332 g/mol. The highest BCUT2D eigenvalue weighted by atomic mass is 35.5. The van der Waals surface area contributed by atoms with Crippen LogP contribution in [0, 0.1) is 0 Å². The zero-order valence-electron chi connectivity index (χ0n) is 13.4. The predicted molar refractivity (Wildman–Crippen MR) is 86.2 cm³/mol. The largest absolute Gasteiger partial charge is 0.337 e. The Morgan fingerprint density at radius 3 is 2.88 bits per heavy atom. The van der Waals surface area contributed by atoms with E-state index < -0.39 is 11.6 Å². The average molecular weight is 349 g/mol. The molecule has 3 amide bonds. The maximum absolute atomic E-state index is 12.8. The van der Waals surface area contributed by atoms with Crippen molar-refractivity contribution in [2.45, 2.75) is 38.8 Å².